The van der Waals surface area contributed by atoms with Gasteiger partial charge in [-0.2, -0.15) is 0 Å². The molecule has 1 atom stereocenters. The van der Waals surface area contributed by atoms with Crippen molar-refractivity contribution in [2.45, 2.75) is 17.9 Å². The summed E-state index contributed by atoms with van der Waals surface area (Å²) in [5.41, 5.74) is 2.67. The Morgan fingerprint density at radius 3 is 2.61 bits per heavy atom. The summed E-state index contributed by atoms with van der Waals surface area (Å²) in [4.78, 5) is 18.6. The molecular weight excluding hydrogens is 416 g/mol. The number of fused-ring (bicyclic) bond motifs is 2. The van der Waals surface area contributed by atoms with Crippen LogP contribution in [0, 0.1) is 11.6 Å². The van der Waals surface area contributed by atoms with Crippen LogP contribution in [0.25, 0.3) is 33.5 Å². The lowest BCUT2D eigenvalue weighted by Crippen LogP contribution is -2.11. The minimum atomic E-state index is -0.682. The van der Waals surface area contributed by atoms with Crippen LogP contribution in [0.5, 0.6) is 0 Å². The number of aromatic nitrogens is 5. The van der Waals surface area contributed by atoms with Crippen LogP contribution in [0.4, 0.5) is 8.78 Å². The molecule has 5 rings (SSSR count). The van der Waals surface area contributed by atoms with Crippen LogP contribution in [-0.4, -0.2) is 30.8 Å². The number of hydrogen-bond donors (Lipinski definition) is 0. The maximum Gasteiger partial charge on any atom is 0.197 e. The third-order valence-electron chi connectivity index (χ3n) is 5.34. The fourth-order valence-corrected chi connectivity index (χ4v) is 4.09. The van der Waals surface area contributed by atoms with Crippen molar-refractivity contribution in [2.24, 2.45) is 0 Å². The van der Waals surface area contributed by atoms with Gasteiger partial charge in [0.1, 0.15) is 11.6 Å². The second-order valence-electron chi connectivity index (χ2n) is 7.11. The van der Waals surface area contributed by atoms with Gasteiger partial charge in [-0.3, -0.25) is 4.98 Å². The molecule has 5 aromatic rings. The van der Waals surface area contributed by atoms with Gasteiger partial charge in [-0.15, -0.1) is 11.8 Å². The quantitative estimate of drug-likeness (QED) is 0.343. The van der Waals surface area contributed by atoms with Crippen molar-refractivity contribution >= 4 is 34.0 Å². The summed E-state index contributed by atoms with van der Waals surface area (Å²) in [5.74, 6) is -1.29. The summed E-state index contributed by atoms with van der Waals surface area (Å²) in [6.45, 7) is 1.71. The van der Waals surface area contributed by atoms with E-state index in [1.54, 1.807) is 41.6 Å². The highest BCUT2D eigenvalue weighted by Gasteiger charge is 2.23. The van der Waals surface area contributed by atoms with Crippen molar-refractivity contribution in [1.29, 1.82) is 0 Å². The van der Waals surface area contributed by atoms with Crippen LogP contribution in [0.2, 0.25) is 0 Å². The Morgan fingerprint density at radius 1 is 1.03 bits per heavy atom. The Hall–Kier alpha value is -3.39. The summed E-state index contributed by atoms with van der Waals surface area (Å²) in [6, 6.07) is 11.8. The second-order valence-corrected chi connectivity index (χ2v) is 7.99. The predicted molar refractivity (Wildman–Crippen MR) is 118 cm³/mol. The van der Waals surface area contributed by atoms with Crippen molar-refractivity contribution in [3.8, 4) is 11.3 Å². The molecule has 0 saturated heterocycles. The smallest absolute Gasteiger partial charge is 0.197 e. The number of benzene rings is 2. The van der Waals surface area contributed by atoms with Gasteiger partial charge in [0, 0.05) is 33.7 Å². The van der Waals surface area contributed by atoms with Crippen LogP contribution in [-0.2, 0) is 0 Å². The molecule has 0 radical (unpaired) electrons. The molecule has 0 aliphatic heterocycles. The van der Waals surface area contributed by atoms with Gasteiger partial charge >= 0.3 is 0 Å². The number of hydrogen-bond acceptors (Lipinski definition) is 5. The molecule has 0 aliphatic carbocycles. The minimum absolute atomic E-state index is 0.0590. The van der Waals surface area contributed by atoms with Crippen LogP contribution in [0.3, 0.4) is 0 Å². The second kappa shape index (κ2) is 7.70. The summed E-state index contributed by atoms with van der Waals surface area (Å²) in [7, 11) is 0. The van der Waals surface area contributed by atoms with Crippen molar-refractivity contribution in [3.05, 3.63) is 78.4 Å². The van der Waals surface area contributed by atoms with Gasteiger partial charge in [0.25, 0.3) is 0 Å². The van der Waals surface area contributed by atoms with Gasteiger partial charge in [-0.05, 0) is 37.4 Å². The van der Waals surface area contributed by atoms with E-state index in [9.17, 15) is 4.39 Å². The average Bonchev–Trinajstić information content (AvgIpc) is 3.22. The Labute approximate surface area is 181 Å². The molecule has 1 unspecified atom stereocenters. The Bertz CT molecular complexity index is 1420. The van der Waals surface area contributed by atoms with Crippen molar-refractivity contribution < 1.29 is 8.78 Å². The zero-order valence-corrected chi connectivity index (χ0v) is 17.6. The molecule has 0 bridgehead atoms. The summed E-state index contributed by atoms with van der Waals surface area (Å²) >= 11 is 1.66. The van der Waals surface area contributed by atoms with Gasteiger partial charge in [-0.25, -0.2) is 23.7 Å². The van der Waals surface area contributed by atoms with Gasteiger partial charge in [0.05, 0.1) is 29.8 Å². The van der Waals surface area contributed by atoms with E-state index in [1.807, 2.05) is 30.5 Å². The molecule has 0 N–H and O–H groups in total. The molecule has 0 fully saturated rings. The zero-order chi connectivity index (χ0) is 21.5. The number of imidazole rings is 1. The minimum Gasteiger partial charge on any atom is -0.306 e. The summed E-state index contributed by atoms with van der Waals surface area (Å²) < 4.78 is 31.8. The fourth-order valence-electron chi connectivity index (χ4n) is 3.68. The summed E-state index contributed by atoms with van der Waals surface area (Å²) in [6.07, 6.45) is 6.70. The van der Waals surface area contributed by atoms with Gasteiger partial charge < -0.3 is 4.57 Å². The lowest BCUT2D eigenvalue weighted by molar-refractivity contribution is 0.517. The summed E-state index contributed by atoms with van der Waals surface area (Å²) in [5, 5.41) is 0.274. The normalized spacial score (nSPS) is 12.5. The molecule has 154 valence electrons. The van der Waals surface area contributed by atoms with Crippen LogP contribution in [0.1, 0.15) is 18.5 Å². The van der Waals surface area contributed by atoms with E-state index in [1.165, 1.54) is 18.6 Å². The molecule has 3 heterocycles. The molecule has 0 amide bonds. The molecule has 5 nitrogen and oxygen atoms in total. The first-order valence-corrected chi connectivity index (χ1v) is 10.9. The number of pyridine rings is 1. The van der Waals surface area contributed by atoms with Crippen LogP contribution >= 0.6 is 11.8 Å². The number of nitrogens with zero attached hydrogens (tertiary/aromatic N) is 5. The maximum atomic E-state index is 15.2. The van der Waals surface area contributed by atoms with Crippen LogP contribution < -0.4 is 0 Å². The monoisotopic (exact) mass is 433 g/mol. The lowest BCUT2D eigenvalue weighted by atomic mass is 10.0. The number of rotatable bonds is 4. The maximum absolute atomic E-state index is 15.2. The van der Waals surface area contributed by atoms with E-state index in [4.69, 9.17) is 4.98 Å². The zero-order valence-electron chi connectivity index (χ0n) is 16.8. The van der Waals surface area contributed by atoms with Crippen molar-refractivity contribution in [3.63, 3.8) is 0 Å². The van der Waals surface area contributed by atoms with E-state index in [0.29, 0.717) is 17.0 Å². The van der Waals surface area contributed by atoms with Gasteiger partial charge in [-0.1, -0.05) is 12.1 Å². The standard InChI is InChI=1S/C23H17F2N5S/c1-13(20-17(24)10-18-16(21(20)25)4-3-9-26-18)30-12-28-22-23(30)29-19(11-27-22)14-5-7-15(31-2)8-6-14/h3-13H,1-2H3. The fraction of sp³-hybridized carbons (Fsp3) is 0.130. The predicted octanol–water partition coefficient (Wildman–Crippen LogP) is 5.65. The molecule has 2 aromatic carbocycles. The van der Waals surface area contributed by atoms with E-state index in [0.717, 1.165) is 10.5 Å². The molecular formula is C23H17F2N5S. The first-order chi connectivity index (χ1) is 15.1. The Kier molecular flexibility index (Phi) is 4.86. The highest BCUT2D eigenvalue weighted by Crippen LogP contribution is 2.31. The molecule has 3 aromatic heterocycles. The number of thioether (sulfide) groups is 1. The number of halogens is 2. The first-order valence-electron chi connectivity index (χ1n) is 9.63. The SMILES string of the molecule is CSc1ccc(-c2cnc3ncn(C(C)c4c(F)cc5ncccc5c4F)c3n2)cc1. The largest absolute Gasteiger partial charge is 0.306 e. The van der Waals surface area contributed by atoms with Crippen molar-refractivity contribution in [1.82, 2.24) is 24.5 Å². The van der Waals surface area contributed by atoms with Crippen LogP contribution in [0.15, 0.2) is 66.1 Å². The average molecular weight is 433 g/mol. The lowest BCUT2D eigenvalue weighted by Gasteiger charge is -2.17. The Morgan fingerprint density at radius 2 is 1.84 bits per heavy atom. The third kappa shape index (κ3) is 3.33. The van der Waals surface area contributed by atoms with Gasteiger partial charge in [0.2, 0.25) is 0 Å². The molecule has 31 heavy (non-hydrogen) atoms. The molecule has 0 aliphatic rings. The van der Waals surface area contributed by atoms with Crippen molar-refractivity contribution in [2.75, 3.05) is 6.26 Å². The van der Waals surface area contributed by atoms with E-state index < -0.39 is 17.7 Å². The highest BCUT2D eigenvalue weighted by molar-refractivity contribution is 7.98. The molecule has 8 heteroatoms. The van der Waals surface area contributed by atoms with Gasteiger partial charge in [0.15, 0.2) is 11.3 Å². The first kappa shape index (κ1) is 19.6. The molecule has 0 saturated carbocycles. The third-order valence-corrected chi connectivity index (χ3v) is 6.08. The topological polar surface area (TPSA) is 56.5 Å². The van der Waals surface area contributed by atoms with E-state index >= 15 is 4.39 Å². The Balaban J connectivity index is 1.62. The van der Waals surface area contributed by atoms with E-state index in [-0.39, 0.29) is 16.5 Å². The highest BCUT2D eigenvalue weighted by atomic mass is 32.2. The van der Waals surface area contributed by atoms with E-state index in [2.05, 4.69) is 15.0 Å². The molecule has 0 spiro atoms.